The zero-order chi connectivity index (χ0) is 30.8. The third-order valence-electron chi connectivity index (χ3n) is 8.61. The summed E-state index contributed by atoms with van der Waals surface area (Å²) < 4.78 is 43.3. The highest BCUT2D eigenvalue weighted by Gasteiger charge is 2.51. The molecule has 8 nitrogen and oxygen atoms in total. The van der Waals surface area contributed by atoms with Crippen molar-refractivity contribution in [3.05, 3.63) is 124 Å². The summed E-state index contributed by atoms with van der Waals surface area (Å²) in [6.45, 7) is 0.895. The van der Waals surface area contributed by atoms with E-state index in [1.165, 1.54) is 31.2 Å². The Kier molecular flexibility index (Phi) is 6.17. The number of halogens is 3. The van der Waals surface area contributed by atoms with E-state index in [-0.39, 0.29) is 22.7 Å². The van der Waals surface area contributed by atoms with Crippen LogP contribution in [0.25, 0.3) is 0 Å². The highest BCUT2D eigenvalue weighted by atomic mass is 19.1. The summed E-state index contributed by atoms with van der Waals surface area (Å²) in [6, 6.07) is 17.3. The monoisotopic (exact) mass is 595 g/mol. The first-order valence-electron chi connectivity index (χ1n) is 13.9. The molecule has 2 aliphatic heterocycles. The van der Waals surface area contributed by atoms with E-state index in [4.69, 9.17) is 0 Å². The lowest BCUT2D eigenvalue weighted by Crippen LogP contribution is -2.47. The second-order valence-electron chi connectivity index (χ2n) is 11.3. The van der Waals surface area contributed by atoms with E-state index in [0.29, 0.717) is 30.4 Å². The van der Waals surface area contributed by atoms with Gasteiger partial charge in [-0.05, 0) is 73.4 Å². The molecule has 0 fully saturated rings. The van der Waals surface area contributed by atoms with Crippen LogP contribution in [0.2, 0.25) is 0 Å². The van der Waals surface area contributed by atoms with Gasteiger partial charge in [0, 0.05) is 34.6 Å². The number of hydrogen-bond acceptors (Lipinski definition) is 5. The quantitative estimate of drug-likeness (QED) is 0.351. The number of pyridine rings is 1. The molecule has 1 aromatic heterocycles. The van der Waals surface area contributed by atoms with E-state index in [9.17, 15) is 27.6 Å². The lowest BCUT2D eigenvalue weighted by Gasteiger charge is -2.33. The van der Waals surface area contributed by atoms with Crippen molar-refractivity contribution < 1.29 is 27.6 Å². The van der Waals surface area contributed by atoms with E-state index in [0.717, 1.165) is 33.7 Å². The molecular weight excluding hydrogens is 571 g/mol. The van der Waals surface area contributed by atoms with Gasteiger partial charge in [-0.15, -0.1) is 0 Å². The summed E-state index contributed by atoms with van der Waals surface area (Å²) in [5, 5.41) is 5.65. The first-order valence-corrected chi connectivity index (χ1v) is 13.9. The minimum Gasteiger partial charge on any atom is -0.325 e. The predicted octanol–water partition coefficient (Wildman–Crippen LogP) is 4.63. The molecule has 3 heterocycles. The summed E-state index contributed by atoms with van der Waals surface area (Å²) in [7, 11) is 0. The molecule has 1 aliphatic carbocycles. The van der Waals surface area contributed by atoms with Gasteiger partial charge >= 0.3 is 0 Å². The van der Waals surface area contributed by atoms with Crippen molar-refractivity contribution in [2.24, 2.45) is 4.99 Å². The SMILES string of the molecule is C[C@]1(c2cc(F)cc(F)c2)N=C(c2ccccc2F)C(=O)N1CC(=O)Nc1ccc2c(c1)CC1(C2)C(=O)Nc2ncccc21. The van der Waals surface area contributed by atoms with Crippen LogP contribution in [-0.4, -0.2) is 39.9 Å². The maximum absolute atomic E-state index is 14.7. The van der Waals surface area contributed by atoms with Crippen LogP contribution in [0.5, 0.6) is 0 Å². The number of carbonyl (C=O) groups is 3. The van der Waals surface area contributed by atoms with Crippen LogP contribution in [0, 0.1) is 17.5 Å². The minimum atomic E-state index is -1.71. The van der Waals surface area contributed by atoms with Crippen molar-refractivity contribution in [2.75, 3.05) is 17.2 Å². The summed E-state index contributed by atoms with van der Waals surface area (Å²) in [5.41, 5.74) is 0.254. The van der Waals surface area contributed by atoms with Crippen LogP contribution in [0.1, 0.15) is 34.7 Å². The second-order valence-corrected chi connectivity index (χ2v) is 11.3. The smallest absolute Gasteiger partial charge is 0.275 e. The van der Waals surface area contributed by atoms with Crippen LogP contribution in [0.15, 0.2) is 84.0 Å². The average Bonchev–Trinajstić information content (AvgIpc) is 3.59. The van der Waals surface area contributed by atoms with E-state index >= 15 is 0 Å². The standard InChI is InChI=1S/C33H24F3N5O3/c1-32(20-12-21(34)14-22(35)13-20)40-28(24-5-2-3-7-26(24)36)30(43)41(32)17-27(42)38-23-9-8-18-15-33(16-19(18)11-23)25-6-4-10-37-29(25)39-31(33)44/h2-14H,15-17H2,1H3,(H,38,42)(H,37,39,44)/t32-,33?/m0/s1. The van der Waals surface area contributed by atoms with Crippen molar-refractivity contribution in [3.63, 3.8) is 0 Å². The highest BCUT2D eigenvalue weighted by molar-refractivity contribution is 6.47. The molecule has 0 bridgehead atoms. The Morgan fingerprint density at radius 1 is 0.955 bits per heavy atom. The Morgan fingerprint density at radius 2 is 1.70 bits per heavy atom. The molecule has 0 saturated heterocycles. The van der Waals surface area contributed by atoms with Gasteiger partial charge in [-0.2, -0.15) is 0 Å². The number of hydrogen-bond donors (Lipinski definition) is 2. The lowest BCUT2D eigenvalue weighted by atomic mass is 9.79. The van der Waals surface area contributed by atoms with Gasteiger partial charge < -0.3 is 10.6 Å². The zero-order valence-corrected chi connectivity index (χ0v) is 23.3. The number of carbonyl (C=O) groups excluding carboxylic acids is 3. The average molecular weight is 596 g/mol. The fourth-order valence-electron chi connectivity index (χ4n) is 6.44. The number of aromatic nitrogens is 1. The Hall–Kier alpha value is -5.32. The Bertz CT molecular complexity index is 1930. The van der Waals surface area contributed by atoms with Crippen LogP contribution < -0.4 is 10.6 Å². The number of rotatable bonds is 5. The molecule has 2 atom stereocenters. The molecule has 11 heteroatoms. The van der Waals surface area contributed by atoms with Crippen LogP contribution in [0.4, 0.5) is 24.7 Å². The van der Waals surface area contributed by atoms with Gasteiger partial charge in [-0.3, -0.25) is 19.3 Å². The van der Waals surface area contributed by atoms with E-state index in [2.05, 4.69) is 20.6 Å². The molecule has 220 valence electrons. The second kappa shape index (κ2) is 9.87. The van der Waals surface area contributed by atoms with Crippen LogP contribution in [-0.2, 0) is 38.3 Å². The first-order chi connectivity index (χ1) is 21.1. The van der Waals surface area contributed by atoms with E-state index < -0.39 is 46.9 Å². The van der Waals surface area contributed by atoms with Crippen LogP contribution >= 0.6 is 0 Å². The van der Waals surface area contributed by atoms with Gasteiger partial charge in [0.2, 0.25) is 11.8 Å². The van der Waals surface area contributed by atoms with Gasteiger partial charge in [0.05, 0.1) is 5.41 Å². The summed E-state index contributed by atoms with van der Waals surface area (Å²) in [4.78, 5) is 49.9. The van der Waals surface area contributed by atoms with Gasteiger partial charge in [0.15, 0.2) is 5.66 Å². The minimum absolute atomic E-state index is 0.0186. The highest BCUT2D eigenvalue weighted by Crippen LogP contribution is 2.47. The van der Waals surface area contributed by atoms with E-state index in [1.807, 2.05) is 12.1 Å². The third-order valence-corrected chi connectivity index (χ3v) is 8.61. The van der Waals surface area contributed by atoms with Crippen molar-refractivity contribution in [3.8, 4) is 0 Å². The first kappa shape index (κ1) is 27.5. The molecule has 4 aromatic rings. The summed E-state index contributed by atoms with van der Waals surface area (Å²) in [6.07, 6.45) is 2.53. The number of amides is 3. The zero-order valence-electron chi connectivity index (χ0n) is 23.3. The number of aliphatic imine (C=N–C) groups is 1. The number of nitrogens with one attached hydrogen (secondary N) is 2. The van der Waals surface area contributed by atoms with Gasteiger partial charge in [0.1, 0.15) is 35.5 Å². The molecule has 0 radical (unpaired) electrons. The van der Waals surface area contributed by atoms with Crippen molar-refractivity contribution in [1.29, 1.82) is 0 Å². The van der Waals surface area contributed by atoms with Gasteiger partial charge in [0.25, 0.3) is 5.91 Å². The maximum Gasteiger partial charge on any atom is 0.275 e. The van der Waals surface area contributed by atoms with Gasteiger partial charge in [-0.25, -0.2) is 23.1 Å². The summed E-state index contributed by atoms with van der Waals surface area (Å²) >= 11 is 0. The fraction of sp³-hybridized carbons (Fsp3) is 0.182. The molecule has 44 heavy (non-hydrogen) atoms. The molecule has 7 rings (SSSR count). The molecule has 3 aliphatic rings. The Labute approximate surface area is 249 Å². The Morgan fingerprint density at radius 3 is 2.48 bits per heavy atom. The fourth-order valence-corrected chi connectivity index (χ4v) is 6.44. The topological polar surface area (TPSA) is 104 Å². The number of fused-ring (bicyclic) bond motifs is 3. The molecule has 2 N–H and O–H groups in total. The largest absolute Gasteiger partial charge is 0.325 e. The van der Waals surface area contributed by atoms with Crippen molar-refractivity contribution >= 4 is 34.9 Å². The third kappa shape index (κ3) is 4.26. The predicted molar refractivity (Wildman–Crippen MR) is 155 cm³/mol. The summed E-state index contributed by atoms with van der Waals surface area (Å²) in [5.74, 6) is -3.44. The normalized spacial score (nSPS) is 21.7. The van der Waals surface area contributed by atoms with Gasteiger partial charge in [-0.1, -0.05) is 24.3 Å². The Balaban J connectivity index is 1.16. The number of benzene rings is 3. The lowest BCUT2D eigenvalue weighted by molar-refractivity contribution is -0.132. The number of nitrogens with zero attached hydrogens (tertiary/aromatic N) is 3. The van der Waals surface area contributed by atoms with Crippen molar-refractivity contribution in [2.45, 2.75) is 30.8 Å². The molecule has 1 unspecified atom stereocenters. The maximum atomic E-state index is 14.7. The van der Waals surface area contributed by atoms with E-state index in [1.54, 1.807) is 24.4 Å². The molecular formula is C33H24F3N5O3. The molecule has 3 amide bonds. The molecule has 0 saturated carbocycles. The van der Waals surface area contributed by atoms with Crippen LogP contribution in [0.3, 0.4) is 0 Å². The van der Waals surface area contributed by atoms with Crippen molar-refractivity contribution in [1.82, 2.24) is 9.88 Å². The number of anilines is 2. The molecule has 3 aromatic carbocycles. The molecule has 1 spiro atoms.